The number of hydrogen-bond acceptors (Lipinski definition) is 3. The van der Waals surface area contributed by atoms with E-state index in [0.717, 1.165) is 39.3 Å². The Bertz CT molecular complexity index is 796. The van der Waals surface area contributed by atoms with Crippen LogP contribution >= 0.6 is 0 Å². The zero-order valence-electron chi connectivity index (χ0n) is 17.9. The van der Waals surface area contributed by atoms with Crippen molar-refractivity contribution in [1.29, 1.82) is 0 Å². The summed E-state index contributed by atoms with van der Waals surface area (Å²) in [6.45, 7) is 8.35. The average molecular weight is 407 g/mol. The molecule has 0 saturated carbocycles. The number of amides is 2. The highest BCUT2D eigenvalue weighted by atomic mass is 16.2. The number of hydrogen-bond donors (Lipinski definition) is 1. The molecule has 5 heteroatoms. The van der Waals surface area contributed by atoms with E-state index in [-0.39, 0.29) is 6.03 Å². The molecule has 2 aromatic carbocycles. The van der Waals surface area contributed by atoms with Gasteiger partial charge in [-0.3, -0.25) is 9.80 Å². The Hall–Kier alpha value is -2.37. The summed E-state index contributed by atoms with van der Waals surface area (Å²) in [5, 5.41) is 3.16. The van der Waals surface area contributed by atoms with Crippen LogP contribution in [0.25, 0.3) is 0 Å². The van der Waals surface area contributed by atoms with Crippen molar-refractivity contribution in [2.45, 2.75) is 38.9 Å². The maximum atomic E-state index is 12.7. The molecule has 30 heavy (non-hydrogen) atoms. The first-order valence-corrected chi connectivity index (χ1v) is 11.4. The molecule has 0 unspecified atom stereocenters. The standard InChI is InChI=1S/C25H34N4O/c30-25(29-17-15-28(16-18-29)20-22-9-3-1-4-10-22)26-19-23-11-5-6-12-24(23)21-27-13-7-2-8-14-27/h1,3-6,9-12H,2,7-8,13-21H2,(H,26,30). The topological polar surface area (TPSA) is 38.8 Å². The van der Waals surface area contributed by atoms with Gasteiger partial charge in [-0.15, -0.1) is 0 Å². The van der Waals surface area contributed by atoms with E-state index >= 15 is 0 Å². The molecule has 0 spiro atoms. The smallest absolute Gasteiger partial charge is 0.317 e. The maximum absolute atomic E-state index is 12.7. The maximum Gasteiger partial charge on any atom is 0.317 e. The van der Waals surface area contributed by atoms with Crippen LogP contribution in [0.2, 0.25) is 0 Å². The van der Waals surface area contributed by atoms with Crippen molar-refractivity contribution in [3.8, 4) is 0 Å². The van der Waals surface area contributed by atoms with Gasteiger partial charge in [-0.1, -0.05) is 61.0 Å². The molecule has 2 fully saturated rings. The number of carbonyl (C=O) groups is 1. The van der Waals surface area contributed by atoms with Crippen LogP contribution < -0.4 is 5.32 Å². The summed E-state index contributed by atoms with van der Waals surface area (Å²) in [6.07, 6.45) is 3.96. The summed E-state index contributed by atoms with van der Waals surface area (Å²) in [7, 11) is 0. The van der Waals surface area contributed by atoms with E-state index in [2.05, 4.69) is 69.7 Å². The van der Waals surface area contributed by atoms with Gasteiger partial charge < -0.3 is 10.2 Å². The molecule has 0 atom stereocenters. The molecule has 2 aliphatic heterocycles. The second-order valence-electron chi connectivity index (χ2n) is 8.51. The highest BCUT2D eigenvalue weighted by Gasteiger charge is 2.21. The number of likely N-dealkylation sites (tertiary alicyclic amines) is 1. The Kier molecular flexibility index (Phi) is 7.38. The summed E-state index contributed by atoms with van der Waals surface area (Å²) in [4.78, 5) is 19.6. The monoisotopic (exact) mass is 406 g/mol. The first-order chi connectivity index (χ1) is 14.8. The van der Waals surface area contributed by atoms with Gasteiger partial charge in [-0.05, 0) is 42.6 Å². The molecule has 5 nitrogen and oxygen atoms in total. The predicted octanol–water partition coefficient (Wildman–Crippen LogP) is 3.70. The SMILES string of the molecule is O=C(NCc1ccccc1CN1CCCCC1)N1CCN(Cc2ccccc2)CC1. The molecule has 0 aliphatic carbocycles. The number of nitrogens with zero attached hydrogens (tertiary/aromatic N) is 3. The second kappa shape index (κ2) is 10.6. The minimum atomic E-state index is 0.0575. The van der Waals surface area contributed by atoms with Gasteiger partial charge in [-0.2, -0.15) is 0 Å². The van der Waals surface area contributed by atoms with Gasteiger partial charge in [-0.25, -0.2) is 4.79 Å². The van der Waals surface area contributed by atoms with Crippen LogP contribution in [0.3, 0.4) is 0 Å². The average Bonchev–Trinajstić information content (AvgIpc) is 2.80. The molecular formula is C25H34N4O. The summed E-state index contributed by atoms with van der Waals surface area (Å²) in [6, 6.07) is 19.2. The van der Waals surface area contributed by atoms with Gasteiger partial charge in [0.1, 0.15) is 0 Å². The molecule has 0 aromatic heterocycles. The summed E-state index contributed by atoms with van der Waals surface area (Å²) >= 11 is 0. The van der Waals surface area contributed by atoms with Crippen molar-refractivity contribution in [3.05, 3.63) is 71.3 Å². The third-order valence-electron chi connectivity index (χ3n) is 6.30. The number of nitrogens with one attached hydrogen (secondary N) is 1. The van der Waals surface area contributed by atoms with Crippen LogP contribution in [0, 0.1) is 0 Å². The van der Waals surface area contributed by atoms with Crippen LogP contribution in [0.5, 0.6) is 0 Å². The molecule has 0 radical (unpaired) electrons. The van der Waals surface area contributed by atoms with Gasteiger partial charge in [0.2, 0.25) is 0 Å². The zero-order valence-corrected chi connectivity index (χ0v) is 17.9. The van der Waals surface area contributed by atoms with Crippen molar-refractivity contribution in [1.82, 2.24) is 20.0 Å². The number of piperazine rings is 1. The first kappa shape index (κ1) is 20.9. The molecule has 2 aromatic rings. The summed E-state index contributed by atoms with van der Waals surface area (Å²) in [5.74, 6) is 0. The first-order valence-electron chi connectivity index (χ1n) is 11.4. The zero-order chi connectivity index (χ0) is 20.6. The van der Waals surface area contributed by atoms with Crippen molar-refractivity contribution >= 4 is 6.03 Å². The molecule has 0 bridgehead atoms. The van der Waals surface area contributed by atoms with Gasteiger partial charge in [0.15, 0.2) is 0 Å². The Morgan fingerprint density at radius 1 is 0.700 bits per heavy atom. The van der Waals surface area contributed by atoms with Gasteiger partial charge in [0, 0.05) is 45.8 Å². The molecule has 2 aliphatic rings. The molecule has 4 rings (SSSR count). The van der Waals surface area contributed by atoms with E-state index < -0.39 is 0 Å². The Morgan fingerprint density at radius 2 is 1.33 bits per heavy atom. The number of piperidine rings is 1. The van der Waals surface area contributed by atoms with Crippen molar-refractivity contribution in [2.24, 2.45) is 0 Å². The lowest BCUT2D eigenvalue weighted by Gasteiger charge is -2.34. The lowest BCUT2D eigenvalue weighted by Crippen LogP contribution is -2.51. The fourth-order valence-electron chi connectivity index (χ4n) is 4.48. The molecular weight excluding hydrogens is 372 g/mol. The van der Waals surface area contributed by atoms with E-state index in [0.29, 0.717) is 6.54 Å². The molecule has 2 amide bonds. The fraction of sp³-hybridized carbons (Fsp3) is 0.480. The van der Waals surface area contributed by atoms with Crippen molar-refractivity contribution < 1.29 is 4.79 Å². The van der Waals surface area contributed by atoms with E-state index in [1.54, 1.807) is 0 Å². The van der Waals surface area contributed by atoms with Crippen LogP contribution in [0.4, 0.5) is 4.79 Å². The Balaban J connectivity index is 1.24. The molecule has 2 saturated heterocycles. The number of rotatable bonds is 6. The van der Waals surface area contributed by atoms with Gasteiger partial charge in [0.05, 0.1) is 0 Å². The summed E-state index contributed by atoms with van der Waals surface area (Å²) < 4.78 is 0. The normalized spacial score (nSPS) is 18.3. The largest absolute Gasteiger partial charge is 0.334 e. The predicted molar refractivity (Wildman–Crippen MR) is 121 cm³/mol. The highest BCUT2D eigenvalue weighted by molar-refractivity contribution is 5.74. The van der Waals surface area contributed by atoms with Crippen LogP contribution in [0.15, 0.2) is 54.6 Å². The second-order valence-corrected chi connectivity index (χ2v) is 8.51. The minimum Gasteiger partial charge on any atom is -0.334 e. The van der Waals surface area contributed by atoms with E-state index in [1.807, 2.05) is 4.90 Å². The third-order valence-corrected chi connectivity index (χ3v) is 6.30. The van der Waals surface area contributed by atoms with E-state index in [9.17, 15) is 4.79 Å². The van der Waals surface area contributed by atoms with Gasteiger partial charge >= 0.3 is 6.03 Å². The van der Waals surface area contributed by atoms with Crippen LogP contribution in [-0.2, 0) is 19.6 Å². The van der Waals surface area contributed by atoms with Crippen LogP contribution in [-0.4, -0.2) is 60.0 Å². The molecule has 1 N–H and O–H groups in total. The van der Waals surface area contributed by atoms with Gasteiger partial charge in [0.25, 0.3) is 0 Å². The Morgan fingerprint density at radius 3 is 2.07 bits per heavy atom. The van der Waals surface area contributed by atoms with E-state index in [4.69, 9.17) is 0 Å². The highest BCUT2D eigenvalue weighted by Crippen LogP contribution is 2.16. The molecule has 2 heterocycles. The number of urea groups is 1. The lowest BCUT2D eigenvalue weighted by molar-refractivity contribution is 0.135. The number of benzene rings is 2. The Labute approximate surface area is 180 Å². The third kappa shape index (κ3) is 5.83. The fourth-order valence-corrected chi connectivity index (χ4v) is 4.48. The molecule has 160 valence electrons. The number of carbonyl (C=O) groups excluding carboxylic acids is 1. The lowest BCUT2D eigenvalue weighted by atomic mass is 10.0. The van der Waals surface area contributed by atoms with Crippen molar-refractivity contribution in [3.63, 3.8) is 0 Å². The van der Waals surface area contributed by atoms with Crippen LogP contribution in [0.1, 0.15) is 36.0 Å². The van der Waals surface area contributed by atoms with Crippen molar-refractivity contribution in [2.75, 3.05) is 39.3 Å². The summed E-state index contributed by atoms with van der Waals surface area (Å²) in [5.41, 5.74) is 3.91. The minimum absolute atomic E-state index is 0.0575. The quantitative estimate of drug-likeness (QED) is 0.795. The van der Waals surface area contributed by atoms with E-state index in [1.165, 1.54) is 49.0 Å².